The number of amides is 1. The quantitative estimate of drug-likeness (QED) is 0.784. The van der Waals surface area contributed by atoms with Gasteiger partial charge in [0.25, 0.3) is 5.91 Å². The van der Waals surface area contributed by atoms with Gasteiger partial charge in [0.15, 0.2) is 0 Å². The second-order valence-electron chi connectivity index (χ2n) is 7.74. The normalized spacial score (nSPS) is 18.9. The van der Waals surface area contributed by atoms with Gasteiger partial charge in [0.1, 0.15) is 11.4 Å². The number of likely N-dealkylation sites (tertiary alicyclic amines) is 1. The Bertz CT molecular complexity index is 935. The Morgan fingerprint density at radius 2 is 2.04 bits per heavy atom. The molecule has 0 radical (unpaired) electrons. The van der Waals surface area contributed by atoms with Crippen molar-refractivity contribution in [2.45, 2.75) is 46.1 Å². The van der Waals surface area contributed by atoms with E-state index < -0.39 is 0 Å². The van der Waals surface area contributed by atoms with Crippen molar-refractivity contribution in [2.75, 3.05) is 13.1 Å². The van der Waals surface area contributed by atoms with Crippen LogP contribution in [0.1, 0.15) is 60.8 Å². The minimum absolute atomic E-state index is 0.219. The van der Waals surface area contributed by atoms with E-state index >= 15 is 0 Å². The maximum absolute atomic E-state index is 12.4. The molecule has 2 N–H and O–H groups in total. The maximum Gasteiger partial charge on any atom is 0.273 e. The molecular formula is C21H26N6O. The maximum atomic E-state index is 12.4. The van der Waals surface area contributed by atoms with Gasteiger partial charge in [0.2, 0.25) is 0 Å². The van der Waals surface area contributed by atoms with E-state index in [-0.39, 0.29) is 5.91 Å². The Morgan fingerprint density at radius 3 is 2.71 bits per heavy atom. The fraction of sp³-hybridized carbons (Fsp3) is 0.429. The summed E-state index contributed by atoms with van der Waals surface area (Å²) in [4.78, 5) is 26.9. The third-order valence-corrected chi connectivity index (χ3v) is 5.41. The molecular weight excluding hydrogens is 352 g/mol. The predicted octanol–water partition coefficient (Wildman–Crippen LogP) is 2.75. The average molecular weight is 378 g/mol. The van der Waals surface area contributed by atoms with E-state index in [9.17, 15) is 4.79 Å². The van der Waals surface area contributed by atoms with Gasteiger partial charge in [-0.1, -0.05) is 13.8 Å². The van der Waals surface area contributed by atoms with Crippen LogP contribution in [-0.4, -0.2) is 44.6 Å². The fourth-order valence-corrected chi connectivity index (χ4v) is 4.08. The molecule has 146 valence electrons. The van der Waals surface area contributed by atoms with Crippen LogP contribution >= 0.6 is 0 Å². The first-order valence-corrected chi connectivity index (χ1v) is 9.84. The van der Waals surface area contributed by atoms with E-state index in [4.69, 9.17) is 0 Å². The summed E-state index contributed by atoms with van der Waals surface area (Å²) in [6.45, 7) is 9.78. The van der Waals surface area contributed by atoms with Crippen LogP contribution in [0.3, 0.4) is 0 Å². The number of aromatic nitrogens is 3. The molecule has 2 aromatic heterocycles. The zero-order valence-corrected chi connectivity index (χ0v) is 16.6. The molecule has 2 aliphatic rings. The number of hydrazone groups is 1. The van der Waals surface area contributed by atoms with E-state index in [1.807, 2.05) is 6.08 Å². The zero-order chi connectivity index (χ0) is 19.7. The highest BCUT2D eigenvalue weighted by atomic mass is 16.2. The van der Waals surface area contributed by atoms with Crippen LogP contribution in [-0.2, 0) is 11.3 Å². The number of carbonyl (C=O) groups is 1. The molecule has 0 spiro atoms. The van der Waals surface area contributed by atoms with Crippen molar-refractivity contribution in [3.05, 3.63) is 52.4 Å². The number of H-pyrrole nitrogens is 1. The summed E-state index contributed by atoms with van der Waals surface area (Å²) in [5.41, 5.74) is 8.94. The summed E-state index contributed by atoms with van der Waals surface area (Å²) in [6, 6.07) is 0. The molecule has 4 rings (SSSR count). The largest absolute Gasteiger partial charge is 0.359 e. The van der Waals surface area contributed by atoms with Crippen LogP contribution in [0.5, 0.6) is 0 Å². The minimum Gasteiger partial charge on any atom is -0.359 e. The first-order valence-electron chi connectivity index (χ1n) is 9.84. The number of aromatic amines is 1. The van der Waals surface area contributed by atoms with Crippen LogP contribution in [0.2, 0.25) is 0 Å². The number of aryl methyl sites for hydroxylation is 1. The number of rotatable bonds is 5. The van der Waals surface area contributed by atoms with Crippen molar-refractivity contribution in [3.8, 4) is 0 Å². The van der Waals surface area contributed by atoms with Crippen molar-refractivity contribution in [1.29, 1.82) is 0 Å². The van der Waals surface area contributed by atoms with Crippen molar-refractivity contribution in [1.82, 2.24) is 25.3 Å². The number of nitrogens with one attached hydrogen (secondary N) is 2. The molecule has 0 atom stereocenters. The first kappa shape index (κ1) is 18.6. The van der Waals surface area contributed by atoms with Gasteiger partial charge in [-0.25, -0.2) is 5.43 Å². The van der Waals surface area contributed by atoms with E-state index in [0.29, 0.717) is 22.9 Å². The van der Waals surface area contributed by atoms with Gasteiger partial charge in [-0.3, -0.25) is 19.7 Å². The lowest BCUT2D eigenvalue weighted by atomic mass is 9.95. The Balaban J connectivity index is 1.74. The molecule has 2 aliphatic heterocycles. The van der Waals surface area contributed by atoms with Crippen molar-refractivity contribution < 1.29 is 4.79 Å². The van der Waals surface area contributed by atoms with E-state index in [1.165, 1.54) is 29.7 Å². The Kier molecular flexibility index (Phi) is 5.09. The standard InChI is InChI=1S/C21H26N6O/c1-13(2)19-16(12-27-8-4-5-9-27)14(3)24-17(19)10-15-20(25-26-21(15)28)18-11-22-6-7-23-18/h6-7,10-11,13,24H,4-5,8-9,12H2,1-3H3,(H,26,28)/b15-10+. The topological polar surface area (TPSA) is 86.3 Å². The van der Waals surface area contributed by atoms with Gasteiger partial charge in [-0.15, -0.1) is 0 Å². The van der Waals surface area contributed by atoms with Crippen LogP contribution < -0.4 is 5.43 Å². The highest BCUT2D eigenvalue weighted by Crippen LogP contribution is 2.31. The number of carbonyl (C=O) groups excluding carboxylic acids is 1. The van der Waals surface area contributed by atoms with E-state index in [1.54, 1.807) is 18.6 Å². The summed E-state index contributed by atoms with van der Waals surface area (Å²) in [6.07, 6.45) is 9.28. The third kappa shape index (κ3) is 3.49. The van der Waals surface area contributed by atoms with Gasteiger partial charge < -0.3 is 4.98 Å². The number of hydrogen-bond donors (Lipinski definition) is 2. The third-order valence-electron chi connectivity index (χ3n) is 5.41. The molecule has 0 aliphatic carbocycles. The highest BCUT2D eigenvalue weighted by Gasteiger charge is 2.27. The Hall–Kier alpha value is -2.80. The molecule has 0 saturated carbocycles. The zero-order valence-electron chi connectivity index (χ0n) is 16.6. The Morgan fingerprint density at radius 1 is 1.25 bits per heavy atom. The monoisotopic (exact) mass is 378 g/mol. The highest BCUT2D eigenvalue weighted by molar-refractivity contribution is 6.32. The van der Waals surface area contributed by atoms with Crippen LogP contribution in [0, 0.1) is 6.92 Å². The van der Waals surface area contributed by atoms with Gasteiger partial charge in [0.05, 0.1) is 11.8 Å². The molecule has 0 bridgehead atoms. The molecule has 28 heavy (non-hydrogen) atoms. The van der Waals surface area contributed by atoms with E-state index in [2.05, 4.69) is 51.2 Å². The van der Waals surface area contributed by atoms with Crippen molar-refractivity contribution in [3.63, 3.8) is 0 Å². The van der Waals surface area contributed by atoms with Gasteiger partial charge in [-0.05, 0) is 56.0 Å². The Labute approximate surface area is 165 Å². The van der Waals surface area contributed by atoms with Crippen LogP contribution in [0.4, 0.5) is 0 Å². The summed E-state index contributed by atoms with van der Waals surface area (Å²) in [5.74, 6) is 0.125. The number of hydrogen-bond acceptors (Lipinski definition) is 5. The second-order valence-corrected chi connectivity index (χ2v) is 7.74. The molecule has 4 heterocycles. The van der Waals surface area contributed by atoms with Crippen molar-refractivity contribution in [2.24, 2.45) is 5.10 Å². The molecule has 0 unspecified atom stereocenters. The lowest BCUT2D eigenvalue weighted by molar-refractivity contribution is -0.116. The predicted molar refractivity (Wildman–Crippen MR) is 109 cm³/mol. The van der Waals surface area contributed by atoms with Gasteiger partial charge in [0, 0.05) is 30.3 Å². The molecule has 7 heteroatoms. The minimum atomic E-state index is -0.219. The lowest BCUT2D eigenvalue weighted by Gasteiger charge is -2.17. The molecule has 0 aromatic carbocycles. The second kappa shape index (κ2) is 7.67. The summed E-state index contributed by atoms with van der Waals surface area (Å²) >= 11 is 0. The lowest BCUT2D eigenvalue weighted by Crippen LogP contribution is -2.19. The van der Waals surface area contributed by atoms with Crippen LogP contribution in [0.25, 0.3) is 6.08 Å². The van der Waals surface area contributed by atoms with Crippen LogP contribution in [0.15, 0.2) is 29.3 Å². The van der Waals surface area contributed by atoms with Gasteiger partial charge in [-0.2, -0.15) is 5.10 Å². The summed E-state index contributed by atoms with van der Waals surface area (Å²) in [5, 5.41) is 4.18. The average Bonchev–Trinajstić information content (AvgIpc) is 3.38. The first-order chi connectivity index (χ1) is 13.5. The molecule has 7 nitrogen and oxygen atoms in total. The molecule has 1 amide bonds. The fourth-order valence-electron chi connectivity index (χ4n) is 4.08. The van der Waals surface area contributed by atoms with Crippen molar-refractivity contribution >= 4 is 17.7 Å². The summed E-state index contributed by atoms with van der Waals surface area (Å²) in [7, 11) is 0. The SMILES string of the molecule is Cc1[nH]c(/C=C2/C(=O)NN=C2c2cnccn2)c(C(C)C)c1CN1CCCC1. The molecule has 1 saturated heterocycles. The number of nitrogens with zero attached hydrogens (tertiary/aromatic N) is 4. The van der Waals surface area contributed by atoms with E-state index in [0.717, 1.165) is 25.3 Å². The molecule has 2 aromatic rings. The summed E-state index contributed by atoms with van der Waals surface area (Å²) < 4.78 is 0. The smallest absolute Gasteiger partial charge is 0.273 e. The van der Waals surface area contributed by atoms with Gasteiger partial charge >= 0.3 is 0 Å². The molecule has 1 fully saturated rings.